The lowest BCUT2D eigenvalue weighted by atomic mass is 9.45. The fourth-order valence-electron chi connectivity index (χ4n) is 7.53. The summed E-state index contributed by atoms with van der Waals surface area (Å²) in [5, 5.41) is 0. The van der Waals surface area contributed by atoms with Gasteiger partial charge in [0.15, 0.2) is 0 Å². The highest BCUT2D eigenvalue weighted by Crippen LogP contribution is 2.66. The average Bonchev–Trinajstić information content (AvgIpc) is 2.94. The molecule has 0 aromatic carbocycles. The molecule has 4 aliphatic rings. The molecule has 4 rings (SSSR count). The van der Waals surface area contributed by atoms with Crippen molar-refractivity contribution < 1.29 is 9.47 Å². The molecule has 4 aliphatic carbocycles. The fourth-order valence-corrected chi connectivity index (χ4v) is 7.53. The van der Waals surface area contributed by atoms with Gasteiger partial charge in [-0.25, -0.2) is 0 Å². The summed E-state index contributed by atoms with van der Waals surface area (Å²) in [6.45, 7) is 5.74. The summed E-state index contributed by atoms with van der Waals surface area (Å²) >= 11 is 0. The molecule has 23 heavy (non-hydrogen) atoms. The molecule has 0 heterocycles. The monoisotopic (exact) mass is 320 g/mol. The Balaban J connectivity index is 1.49. The average molecular weight is 321 g/mol. The van der Waals surface area contributed by atoms with Crippen LogP contribution in [0.5, 0.6) is 0 Å². The van der Waals surface area contributed by atoms with E-state index in [9.17, 15) is 0 Å². The van der Waals surface area contributed by atoms with Crippen LogP contribution in [0.25, 0.3) is 0 Å². The Morgan fingerprint density at radius 2 is 1.78 bits per heavy atom. The molecule has 0 spiro atoms. The van der Waals surface area contributed by atoms with Gasteiger partial charge in [0.05, 0.1) is 6.10 Å². The molecule has 0 aromatic rings. The Morgan fingerprint density at radius 3 is 2.61 bits per heavy atom. The van der Waals surface area contributed by atoms with Crippen molar-refractivity contribution in [3.05, 3.63) is 0 Å². The number of methoxy groups -OCH3 is 1. The molecule has 2 nitrogen and oxygen atoms in total. The Morgan fingerprint density at radius 1 is 0.913 bits per heavy atom. The van der Waals surface area contributed by atoms with E-state index in [1.165, 1.54) is 64.2 Å². The molecular formula is C21H36O2. The number of rotatable bonds is 3. The minimum atomic E-state index is 0.449. The zero-order valence-corrected chi connectivity index (χ0v) is 15.5. The molecule has 0 aliphatic heterocycles. The smallest absolute Gasteiger partial charge is 0.146 e. The molecule has 2 heteroatoms. The lowest BCUT2D eigenvalue weighted by molar-refractivity contribution is -0.149. The second-order valence-electron chi connectivity index (χ2n) is 9.71. The van der Waals surface area contributed by atoms with E-state index in [1.807, 2.05) is 0 Å². The minimum Gasteiger partial charge on any atom is -0.359 e. The summed E-state index contributed by atoms with van der Waals surface area (Å²) in [5.74, 6) is 3.97. The van der Waals surface area contributed by atoms with Crippen LogP contribution in [0.3, 0.4) is 0 Å². The summed E-state index contributed by atoms with van der Waals surface area (Å²) < 4.78 is 11.1. The van der Waals surface area contributed by atoms with Gasteiger partial charge < -0.3 is 9.47 Å². The number of hydrogen-bond acceptors (Lipinski definition) is 2. The predicted octanol–water partition coefficient (Wildman–Crippen LogP) is 5.41. The van der Waals surface area contributed by atoms with Crippen molar-refractivity contribution in [1.82, 2.24) is 0 Å². The summed E-state index contributed by atoms with van der Waals surface area (Å²) in [4.78, 5) is 0. The zero-order valence-electron chi connectivity index (χ0n) is 15.5. The third kappa shape index (κ3) is 2.59. The maximum absolute atomic E-state index is 5.93. The third-order valence-corrected chi connectivity index (χ3v) is 8.82. The SMILES string of the molecule is COCO[C@H]1CC[C@@]2(C)[C@@H](CC[C@H]3[C@@H]4CCC[C@@]4(C)CC[C@@H]32)C1. The summed E-state index contributed by atoms with van der Waals surface area (Å²) in [5.41, 5.74) is 1.29. The van der Waals surface area contributed by atoms with Crippen molar-refractivity contribution >= 4 is 0 Å². The highest BCUT2D eigenvalue weighted by Gasteiger charge is 2.57. The molecule has 0 radical (unpaired) electrons. The van der Waals surface area contributed by atoms with E-state index in [0.29, 0.717) is 23.7 Å². The second kappa shape index (κ2) is 6.02. The van der Waals surface area contributed by atoms with E-state index < -0.39 is 0 Å². The predicted molar refractivity (Wildman–Crippen MR) is 93.1 cm³/mol. The molecule has 0 unspecified atom stereocenters. The third-order valence-electron chi connectivity index (χ3n) is 8.82. The maximum Gasteiger partial charge on any atom is 0.146 e. The fraction of sp³-hybridized carbons (Fsp3) is 1.00. The summed E-state index contributed by atoms with van der Waals surface area (Å²) in [6, 6.07) is 0. The van der Waals surface area contributed by atoms with Crippen LogP contribution in [0.4, 0.5) is 0 Å². The normalized spacial score (nSPS) is 52.6. The van der Waals surface area contributed by atoms with Gasteiger partial charge in [0.1, 0.15) is 6.79 Å². The summed E-state index contributed by atoms with van der Waals surface area (Å²) in [6.07, 6.45) is 14.9. The van der Waals surface area contributed by atoms with Gasteiger partial charge in [-0.3, -0.25) is 0 Å². The number of fused-ring (bicyclic) bond motifs is 5. The molecule has 4 fully saturated rings. The van der Waals surface area contributed by atoms with E-state index in [0.717, 1.165) is 23.7 Å². The van der Waals surface area contributed by atoms with Gasteiger partial charge in [0, 0.05) is 7.11 Å². The first kappa shape index (κ1) is 16.4. The standard InChI is InChI=1S/C21H36O2/c1-20-10-4-5-18(20)17-7-6-15-13-16(23-14-22-3)8-12-21(15,2)19(17)9-11-20/h15-19H,4-14H2,1-3H3/t15-,16-,17-,18-,19-,20-,21-/m0/s1. The highest BCUT2D eigenvalue weighted by molar-refractivity contribution is 5.07. The van der Waals surface area contributed by atoms with Gasteiger partial charge in [-0.15, -0.1) is 0 Å². The van der Waals surface area contributed by atoms with Crippen molar-refractivity contribution in [3.63, 3.8) is 0 Å². The van der Waals surface area contributed by atoms with E-state index in [-0.39, 0.29) is 0 Å². The quantitative estimate of drug-likeness (QED) is 0.647. The molecule has 0 amide bonds. The van der Waals surface area contributed by atoms with Crippen molar-refractivity contribution in [2.45, 2.75) is 84.2 Å². The molecule has 132 valence electrons. The topological polar surface area (TPSA) is 18.5 Å². The van der Waals surface area contributed by atoms with Gasteiger partial charge >= 0.3 is 0 Å². The lowest BCUT2D eigenvalue weighted by Gasteiger charge is -2.60. The molecule has 4 saturated carbocycles. The lowest BCUT2D eigenvalue weighted by Crippen LogP contribution is -2.53. The second-order valence-corrected chi connectivity index (χ2v) is 9.71. The van der Waals surface area contributed by atoms with Crippen molar-refractivity contribution in [2.24, 2.45) is 34.5 Å². The molecule has 0 saturated heterocycles. The van der Waals surface area contributed by atoms with Gasteiger partial charge in [-0.05, 0) is 92.3 Å². The Kier molecular flexibility index (Phi) is 4.29. The first-order chi connectivity index (χ1) is 11.1. The van der Waals surface area contributed by atoms with Crippen LogP contribution >= 0.6 is 0 Å². The van der Waals surface area contributed by atoms with E-state index in [1.54, 1.807) is 7.11 Å². The van der Waals surface area contributed by atoms with Gasteiger partial charge in [0.2, 0.25) is 0 Å². The van der Waals surface area contributed by atoms with Crippen LogP contribution in [0.1, 0.15) is 78.1 Å². The van der Waals surface area contributed by atoms with Crippen molar-refractivity contribution in [3.8, 4) is 0 Å². The Hall–Kier alpha value is -0.0800. The van der Waals surface area contributed by atoms with Gasteiger partial charge in [-0.1, -0.05) is 20.3 Å². The van der Waals surface area contributed by atoms with E-state index >= 15 is 0 Å². The van der Waals surface area contributed by atoms with Crippen LogP contribution < -0.4 is 0 Å². The maximum atomic E-state index is 5.93. The number of ether oxygens (including phenoxy) is 2. The first-order valence-electron chi connectivity index (χ1n) is 10.2. The van der Waals surface area contributed by atoms with Crippen molar-refractivity contribution in [1.29, 1.82) is 0 Å². The van der Waals surface area contributed by atoms with Crippen LogP contribution in [0.2, 0.25) is 0 Å². The van der Waals surface area contributed by atoms with E-state index in [2.05, 4.69) is 13.8 Å². The molecule has 7 atom stereocenters. The molecule has 0 N–H and O–H groups in total. The van der Waals surface area contributed by atoms with Crippen molar-refractivity contribution in [2.75, 3.05) is 13.9 Å². The molecular weight excluding hydrogens is 284 g/mol. The zero-order chi connectivity index (χ0) is 16.1. The summed E-state index contributed by atoms with van der Waals surface area (Å²) in [7, 11) is 1.73. The van der Waals surface area contributed by atoms with Crippen LogP contribution in [-0.4, -0.2) is 20.0 Å². The largest absolute Gasteiger partial charge is 0.359 e. The highest BCUT2D eigenvalue weighted by atomic mass is 16.7. The van der Waals surface area contributed by atoms with Gasteiger partial charge in [-0.2, -0.15) is 0 Å². The van der Waals surface area contributed by atoms with Crippen LogP contribution in [0, 0.1) is 34.5 Å². The van der Waals surface area contributed by atoms with Crippen LogP contribution in [0.15, 0.2) is 0 Å². The molecule has 0 bridgehead atoms. The van der Waals surface area contributed by atoms with Gasteiger partial charge in [0.25, 0.3) is 0 Å². The number of hydrogen-bond donors (Lipinski definition) is 0. The Labute approximate surface area is 142 Å². The Bertz CT molecular complexity index is 436. The van der Waals surface area contributed by atoms with E-state index in [4.69, 9.17) is 9.47 Å². The first-order valence-corrected chi connectivity index (χ1v) is 10.2. The minimum absolute atomic E-state index is 0.449. The van der Waals surface area contributed by atoms with Crippen LogP contribution in [-0.2, 0) is 9.47 Å². The molecule has 0 aromatic heterocycles.